The highest BCUT2D eigenvalue weighted by molar-refractivity contribution is 5.99. The lowest BCUT2D eigenvalue weighted by Gasteiger charge is -2.14. The van der Waals surface area contributed by atoms with Crippen LogP contribution < -0.4 is 16.8 Å². The Labute approximate surface area is 248 Å². The van der Waals surface area contributed by atoms with Gasteiger partial charge in [0.25, 0.3) is 6.01 Å². The van der Waals surface area contributed by atoms with Crippen LogP contribution in [0.4, 0.5) is 11.8 Å². The number of methoxy groups -OCH3 is 1. The summed E-state index contributed by atoms with van der Waals surface area (Å²) in [6.45, 7) is 3.55. The number of nitrogens with two attached hydrogens (primary N) is 2. The fourth-order valence-electron chi connectivity index (χ4n) is 4.24. The van der Waals surface area contributed by atoms with Crippen molar-refractivity contribution < 1.29 is 28.2 Å². The molecule has 0 saturated heterocycles. The standard InChI is InChI=1S/C28H37N9O6/c1-36(10-5-6-23(39)40-2)12-13-41-14-15-42-17-22(38)31-9-3-4-11-37-27-24(26(29)32-18-33-27)25(35-37)19-7-8-21-20(16-19)34-28(30)43-21/h5-8,16,18H,3-4,9-15,17H2,1-2H3,(H2,30,34)(H,31,38)(H2,29,32,33)/b6-5+. The highest BCUT2D eigenvalue weighted by atomic mass is 16.5. The molecule has 1 aromatic carbocycles. The maximum absolute atomic E-state index is 12.1. The van der Waals surface area contributed by atoms with Gasteiger partial charge >= 0.3 is 5.97 Å². The van der Waals surface area contributed by atoms with Gasteiger partial charge in [-0.1, -0.05) is 6.08 Å². The van der Waals surface area contributed by atoms with E-state index in [1.165, 1.54) is 19.5 Å². The molecular formula is C28H37N9O6. The molecule has 15 heteroatoms. The van der Waals surface area contributed by atoms with Crippen molar-refractivity contribution in [3.05, 3.63) is 36.7 Å². The van der Waals surface area contributed by atoms with Gasteiger partial charge in [-0.15, -0.1) is 0 Å². The number of anilines is 2. The van der Waals surface area contributed by atoms with Gasteiger partial charge in [0.15, 0.2) is 11.2 Å². The Morgan fingerprint density at radius 1 is 1.14 bits per heavy atom. The van der Waals surface area contributed by atoms with E-state index in [4.69, 9.17) is 30.5 Å². The molecule has 1 amide bonds. The van der Waals surface area contributed by atoms with Crippen molar-refractivity contribution in [2.24, 2.45) is 0 Å². The second-order valence-corrected chi connectivity index (χ2v) is 9.67. The van der Waals surface area contributed by atoms with Crippen LogP contribution in [-0.2, 0) is 30.3 Å². The first-order chi connectivity index (χ1) is 20.9. The summed E-state index contributed by atoms with van der Waals surface area (Å²) in [5, 5.41) is 8.29. The van der Waals surface area contributed by atoms with Crippen molar-refractivity contribution in [3.8, 4) is 11.3 Å². The van der Waals surface area contributed by atoms with Gasteiger partial charge in [-0.3, -0.25) is 4.79 Å². The first-order valence-corrected chi connectivity index (χ1v) is 13.8. The van der Waals surface area contributed by atoms with Gasteiger partial charge in [-0.05, 0) is 38.1 Å². The Morgan fingerprint density at radius 2 is 1.98 bits per heavy atom. The lowest BCUT2D eigenvalue weighted by Crippen LogP contribution is -2.29. The SMILES string of the molecule is COC(=O)/C=C/CN(C)CCOCCOCC(=O)NCCCCn1nc(-c2ccc3oc(N)nc3c2)c2c(N)ncnc21. The Kier molecular flexibility index (Phi) is 11.4. The Bertz CT molecular complexity index is 1550. The molecule has 0 aliphatic carbocycles. The van der Waals surface area contributed by atoms with Crippen molar-refractivity contribution in [2.75, 3.05) is 71.7 Å². The van der Waals surface area contributed by atoms with Crippen LogP contribution in [0, 0.1) is 0 Å². The number of hydrogen-bond donors (Lipinski definition) is 3. The smallest absolute Gasteiger partial charge is 0.330 e. The topological polar surface area (TPSA) is 199 Å². The Hall–Kier alpha value is -4.60. The number of unbranched alkanes of at least 4 members (excludes halogenated alkanes) is 1. The van der Waals surface area contributed by atoms with E-state index in [2.05, 4.69) is 25.0 Å². The van der Waals surface area contributed by atoms with Crippen LogP contribution in [0.25, 0.3) is 33.4 Å². The minimum absolute atomic E-state index is 0.0353. The number of nitrogen functional groups attached to an aromatic ring is 2. The molecule has 3 aromatic heterocycles. The fourth-order valence-corrected chi connectivity index (χ4v) is 4.24. The number of carbonyl (C=O) groups excluding carboxylic acids is 2. The van der Waals surface area contributed by atoms with Crippen LogP contribution in [0.3, 0.4) is 0 Å². The van der Waals surface area contributed by atoms with Crippen molar-refractivity contribution >= 4 is 45.8 Å². The summed E-state index contributed by atoms with van der Waals surface area (Å²) in [4.78, 5) is 37.9. The van der Waals surface area contributed by atoms with Gasteiger partial charge in [0, 0.05) is 37.8 Å². The van der Waals surface area contributed by atoms with E-state index in [1.54, 1.807) is 16.8 Å². The van der Waals surface area contributed by atoms with E-state index >= 15 is 0 Å². The molecule has 3 heterocycles. The summed E-state index contributed by atoms with van der Waals surface area (Å²) in [7, 11) is 3.26. The lowest BCUT2D eigenvalue weighted by atomic mass is 10.1. The number of carbonyl (C=O) groups is 2. The average Bonchev–Trinajstić information content (AvgIpc) is 3.56. The van der Waals surface area contributed by atoms with Crippen LogP contribution in [0.5, 0.6) is 0 Å². The zero-order valence-corrected chi connectivity index (χ0v) is 24.3. The number of aromatic nitrogens is 5. The molecular weight excluding hydrogens is 558 g/mol. The Morgan fingerprint density at radius 3 is 2.81 bits per heavy atom. The minimum Gasteiger partial charge on any atom is -0.466 e. The molecule has 0 fully saturated rings. The van der Waals surface area contributed by atoms with Gasteiger partial charge in [0.05, 0.1) is 32.3 Å². The van der Waals surface area contributed by atoms with E-state index in [1.807, 2.05) is 24.1 Å². The minimum atomic E-state index is -0.379. The van der Waals surface area contributed by atoms with Crippen LogP contribution in [0.15, 0.2) is 41.1 Å². The molecule has 0 aliphatic heterocycles. The van der Waals surface area contributed by atoms with E-state index in [-0.39, 0.29) is 24.5 Å². The molecule has 0 aliphatic rings. The predicted molar refractivity (Wildman–Crippen MR) is 160 cm³/mol. The van der Waals surface area contributed by atoms with Gasteiger partial charge in [-0.2, -0.15) is 10.1 Å². The van der Waals surface area contributed by atoms with Crippen LogP contribution in [-0.4, -0.2) is 102 Å². The van der Waals surface area contributed by atoms with Gasteiger partial charge in [0.1, 0.15) is 30.0 Å². The number of oxazole rings is 1. The van der Waals surface area contributed by atoms with E-state index in [9.17, 15) is 9.59 Å². The molecule has 0 atom stereocenters. The quantitative estimate of drug-likeness (QED) is 0.0899. The summed E-state index contributed by atoms with van der Waals surface area (Å²) in [5.41, 5.74) is 15.2. The summed E-state index contributed by atoms with van der Waals surface area (Å²) >= 11 is 0. The fraction of sp³-hybridized carbons (Fsp3) is 0.429. The van der Waals surface area contributed by atoms with Crippen LogP contribution >= 0.6 is 0 Å². The molecule has 0 saturated carbocycles. The highest BCUT2D eigenvalue weighted by Crippen LogP contribution is 2.32. The molecule has 230 valence electrons. The van der Waals surface area contributed by atoms with Crippen LogP contribution in [0.2, 0.25) is 0 Å². The maximum atomic E-state index is 12.1. The number of ether oxygens (including phenoxy) is 3. The van der Waals surface area contributed by atoms with Crippen molar-refractivity contribution in [3.63, 3.8) is 0 Å². The summed E-state index contributed by atoms with van der Waals surface area (Å²) in [5.74, 6) is -0.232. The Balaban J connectivity index is 1.14. The molecule has 0 bridgehead atoms. The van der Waals surface area contributed by atoms with E-state index < -0.39 is 0 Å². The van der Waals surface area contributed by atoms with Gasteiger partial charge in [-0.25, -0.2) is 19.4 Å². The summed E-state index contributed by atoms with van der Waals surface area (Å²) < 4.78 is 22.6. The summed E-state index contributed by atoms with van der Waals surface area (Å²) in [6.07, 6.45) is 6.02. The van der Waals surface area contributed by atoms with Crippen molar-refractivity contribution in [2.45, 2.75) is 19.4 Å². The second kappa shape index (κ2) is 15.6. The second-order valence-electron chi connectivity index (χ2n) is 9.67. The number of likely N-dealkylation sites (N-methyl/N-ethyl adjacent to an activating group) is 1. The van der Waals surface area contributed by atoms with Gasteiger partial charge < -0.3 is 40.3 Å². The molecule has 15 nitrogen and oxygen atoms in total. The number of amides is 1. The third-order valence-corrected chi connectivity index (χ3v) is 6.45. The third kappa shape index (κ3) is 8.94. The molecule has 4 rings (SSSR count). The van der Waals surface area contributed by atoms with Crippen LogP contribution in [0.1, 0.15) is 12.8 Å². The highest BCUT2D eigenvalue weighted by Gasteiger charge is 2.18. The lowest BCUT2D eigenvalue weighted by molar-refractivity contribution is -0.134. The molecule has 0 radical (unpaired) electrons. The first-order valence-electron chi connectivity index (χ1n) is 13.8. The predicted octanol–water partition coefficient (Wildman–Crippen LogP) is 1.39. The normalized spacial score (nSPS) is 11.7. The number of esters is 1. The van der Waals surface area contributed by atoms with Crippen molar-refractivity contribution in [1.82, 2.24) is 34.9 Å². The van der Waals surface area contributed by atoms with E-state index in [0.29, 0.717) is 79.6 Å². The van der Waals surface area contributed by atoms with Crippen molar-refractivity contribution in [1.29, 1.82) is 0 Å². The maximum Gasteiger partial charge on any atom is 0.330 e. The monoisotopic (exact) mass is 595 g/mol. The zero-order chi connectivity index (χ0) is 30.6. The number of rotatable bonds is 17. The largest absolute Gasteiger partial charge is 0.466 e. The number of hydrogen-bond acceptors (Lipinski definition) is 13. The number of nitrogens with zero attached hydrogens (tertiary/aromatic N) is 6. The van der Waals surface area contributed by atoms with Gasteiger partial charge in [0.2, 0.25) is 5.91 Å². The summed E-state index contributed by atoms with van der Waals surface area (Å²) in [6, 6.07) is 5.59. The molecule has 0 spiro atoms. The number of benzene rings is 1. The first kappa shape index (κ1) is 31.3. The molecule has 4 aromatic rings. The molecule has 43 heavy (non-hydrogen) atoms. The third-order valence-electron chi connectivity index (χ3n) is 6.45. The number of nitrogens with one attached hydrogen (secondary N) is 1. The molecule has 0 unspecified atom stereocenters. The molecule has 5 N–H and O–H groups in total. The number of fused-ring (bicyclic) bond motifs is 2. The average molecular weight is 596 g/mol. The zero-order valence-electron chi connectivity index (χ0n) is 24.3. The van der Waals surface area contributed by atoms with E-state index in [0.717, 1.165) is 18.4 Å². The number of aryl methyl sites for hydroxylation is 1.